The van der Waals surface area contributed by atoms with Gasteiger partial charge >= 0.3 is 12.2 Å². The van der Waals surface area contributed by atoms with E-state index in [9.17, 15) is 9.59 Å². The molecule has 0 saturated heterocycles. The normalized spacial score (nSPS) is 9.63. The van der Waals surface area contributed by atoms with E-state index in [1.807, 2.05) is 0 Å². The fourth-order valence-corrected chi connectivity index (χ4v) is 1.80. The fourth-order valence-electron chi connectivity index (χ4n) is 1.30. The summed E-state index contributed by atoms with van der Waals surface area (Å²) in [6, 6.07) is 4.97. The molecular weight excluding hydrogens is 316 g/mol. The van der Waals surface area contributed by atoms with Crippen molar-refractivity contribution in [3.8, 4) is 0 Å². The van der Waals surface area contributed by atoms with Crippen LogP contribution in [-0.4, -0.2) is 25.4 Å². The standard InChI is InChI=1S/C12H15BrN2O4/c1-3-18-11(16)14-9-5-8(13)6-10(7-9)15-12(17)19-4-2/h5-7H,3-4H2,1-2H3,(H,14,16)(H,15,17). The molecule has 1 aromatic carbocycles. The van der Waals surface area contributed by atoms with Gasteiger partial charge in [0.2, 0.25) is 0 Å². The highest BCUT2D eigenvalue weighted by Gasteiger charge is 2.07. The lowest BCUT2D eigenvalue weighted by Crippen LogP contribution is -2.15. The largest absolute Gasteiger partial charge is 0.450 e. The van der Waals surface area contributed by atoms with Crippen molar-refractivity contribution in [1.82, 2.24) is 0 Å². The molecule has 0 spiro atoms. The van der Waals surface area contributed by atoms with Crippen LogP contribution < -0.4 is 10.6 Å². The third-order valence-electron chi connectivity index (χ3n) is 1.94. The summed E-state index contributed by atoms with van der Waals surface area (Å²) >= 11 is 3.29. The number of hydrogen-bond donors (Lipinski definition) is 2. The van der Waals surface area contributed by atoms with E-state index >= 15 is 0 Å². The summed E-state index contributed by atoms with van der Waals surface area (Å²) in [6.07, 6.45) is -1.11. The molecule has 0 unspecified atom stereocenters. The molecule has 2 amide bonds. The zero-order valence-corrected chi connectivity index (χ0v) is 12.2. The van der Waals surface area contributed by atoms with Gasteiger partial charge in [0.05, 0.1) is 13.2 Å². The molecule has 0 aliphatic rings. The minimum absolute atomic E-state index is 0.285. The highest BCUT2D eigenvalue weighted by molar-refractivity contribution is 9.10. The zero-order chi connectivity index (χ0) is 14.3. The van der Waals surface area contributed by atoms with Crippen molar-refractivity contribution >= 4 is 39.5 Å². The van der Waals surface area contributed by atoms with Crippen LogP contribution in [0, 0.1) is 0 Å². The molecule has 0 saturated carbocycles. The second-order valence-electron chi connectivity index (χ2n) is 3.42. The van der Waals surface area contributed by atoms with Crippen LogP contribution in [0.5, 0.6) is 0 Å². The average Bonchev–Trinajstić information content (AvgIpc) is 2.28. The van der Waals surface area contributed by atoms with Gasteiger partial charge in [-0.05, 0) is 32.0 Å². The first kappa shape index (κ1) is 15.3. The van der Waals surface area contributed by atoms with Crippen LogP contribution in [0.15, 0.2) is 22.7 Å². The molecule has 0 aliphatic carbocycles. The Morgan fingerprint density at radius 1 is 1.00 bits per heavy atom. The van der Waals surface area contributed by atoms with Gasteiger partial charge in [0.1, 0.15) is 0 Å². The second kappa shape index (κ2) is 7.63. The van der Waals surface area contributed by atoms with Crippen LogP contribution in [0.25, 0.3) is 0 Å². The predicted octanol–water partition coefficient (Wildman–Crippen LogP) is 3.59. The molecule has 104 valence electrons. The fraction of sp³-hybridized carbons (Fsp3) is 0.333. The predicted molar refractivity (Wildman–Crippen MR) is 75.4 cm³/mol. The molecule has 0 heterocycles. The number of carbonyl (C=O) groups is 2. The van der Waals surface area contributed by atoms with E-state index in [4.69, 9.17) is 9.47 Å². The number of carbonyl (C=O) groups excluding carboxylic acids is 2. The Morgan fingerprint density at radius 3 is 1.79 bits per heavy atom. The number of halogens is 1. The van der Waals surface area contributed by atoms with Crippen LogP contribution >= 0.6 is 15.9 Å². The Balaban J connectivity index is 2.76. The number of rotatable bonds is 4. The first-order valence-corrected chi connectivity index (χ1v) is 6.52. The Bertz CT molecular complexity index is 427. The van der Waals surface area contributed by atoms with Crippen LogP contribution in [0.1, 0.15) is 13.8 Å². The third-order valence-corrected chi connectivity index (χ3v) is 2.40. The van der Waals surface area contributed by atoms with Gasteiger partial charge in [0.25, 0.3) is 0 Å². The molecule has 7 heteroatoms. The number of amides is 2. The molecule has 1 rings (SSSR count). The summed E-state index contributed by atoms with van der Waals surface area (Å²) in [4.78, 5) is 22.6. The highest BCUT2D eigenvalue weighted by atomic mass is 79.9. The molecule has 0 radical (unpaired) electrons. The third kappa shape index (κ3) is 5.60. The summed E-state index contributed by atoms with van der Waals surface area (Å²) < 4.78 is 10.2. The SMILES string of the molecule is CCOC(=O)Nc1cc(Br)cc(NC(=O)OCC)c1. The molecule has 1 aromatic rings. The molecule has 0 aliphatic heterocycles. The van der Waals surface area contributed by atoms with Crippen molar-refractivity contribution in [2.45, 2.75) is 13.8 Å². The van der Waals surface area contributed by atoms with Gasteiger partial charge < -0.3 is 9.47 Å². The Morgan fingerprint density at radius 2 is 1.42 bits per heavy atom. The van der Waals surface area contributed by atoms with Crippen molar-refractivity contribution in [3.63, 3.8) is 0 Å². The molecular formula is C12H15BrN2O4. The van der Waals surface area contributed by atoms with Gasteiger partial charge in [-0.1, -0.05) is 15.9 Å². The monoisotopic (exact) mass is 330 g/mol. The number of anilines is 2. The van der Waals surface area contributed by atoms with E-state index < -0.39 is 12.2 Å². The lowest BCUT2D eigenvalue weighted by molar-refractivity contribution is 0.167. The van der Waals surface area contributed by atoms with E-state index in [0.29, 0.717) is 15.8 Å². The van der Waals surface area contributed by atoms with Crippen molar-refractivity contribution in [1.29, 1.82) is 0 Å². The summed E-state index contributed by atoms with van der Waals surface area (Å²) in [5.74, 6) is 0. The first-order valence-electron chi connectivity index (χ1n) is 5.73. The quantitative estimate of drug-likeness (QED) is 0.884. The van der Waals surface area contributed by atoms with E-state index in [1.54, 1.807) is 32.0 Å². The van der Waals surface area contributed by atoms with Gasteiger partial charge in [-0.15, -0.1) is 0 Å². The molecule has 2 N–H and O–H groups in total. The smallest absolute Gasteiger partial charge is 0.411 e. The van der Waals surface area contributed by atoms with E-state index in [2.05, 4.69) is 26.6 Å². The lowest BCUT2D eigenvalue weighted by atomic mass is 10.3. The van der Waals surface area contributed by atoms with Crippen LogP contribution in [0.3, 0.4) is 0 Å². The molecule has 0 atom stereocenters. The summed E-state index contributed by atoms with van der Waals surface area (Å²) in [7, 11) is 0. The Labute approximate surface area is 119 Å². The van der Waals surface area contributed by atoms with Crippen molar-refractivity contribution < 1.29 is 19.1 Å². The maximum atomic E-state index is 11.3. The topological polar surface area (TPSA) is 76.7 Å². The number of benzene rings is 1. The van der Waals surface area contributed by atoms with Gasteiger partial charge in [-0.25, -0.2) is 9.59 Å². The van der Waals surface area contributed by atoms with Gasteiger partial charge in [-0.2, -0.15) is 0 Å². The van der Waals surface area contributed by atoms with Gasteiger partial charge in [0, 0.05) is 15.8 Å². The van der Waals surface area contributed by atoms with E-state index in [0.717, 1.165) is 0 Å². The second-order valence-corrected chi connectivity index (χ2v) is 4.34. The average molecular weight is 331 g/mol. The Hall–Kier alpha value is -1.76. The molecule has 0 fully saturated rings. The summed E-state index contributed by atoms with van der Waals surface area (Å²) in [5.41, 5.74) is 0.999. The molecule has 6 nitrogen and oxygen atoms in total. The molecule has 19 heavy (non-hydrogen) atoms. The summed E-state index contributed by atoms with van der Waals surface area (Å²) in [6.45, 7) is 4.00. The molecule has 0 bridgehead atoms. The van der Waals surface area contributed by atoms with Crippen LogP contribution in [0.4, 0.5) is 21.0 Å². The lowest BCUT2D eigenvalue weighted by Gasteiger charge is -2.09. The van der Waals surface area contributed by atoms with E-state index in [-0.39, 0.29) is 13.2 Å². The Kier molecular flexibility index (Phi) is 6.14. The zero-order valence-electron chi connectivity index (χ0n) is 10.7. The number of nitrogens with one attached hydrogen (secondary N) is 2. The minimum Gasteiger partial charge on any atom is -0.450 e. The van der Waals surface area contributed by atoms with Crippen molar-refractivity contribution in [2.75, 3.05) is 23.8 Å². The van der Waals surface area contributed by atoms with Crippen LogP contribution in [0.2, 0.25) is 0 Å². The number of hydrogen-bond acceptors (Lipinski definition) is 4. The minimum atomic E-state index is -0.553. The van der Waals surface area contributed by atoms with Crippen molar-refractivity contribution in [2.24, 2.45) is 0 Å². The van der Waals surface area contributed by atoms with Crippen LogP contribution in [-0.2, 0) is 9.47 Å². The number of ether oxygens (including phenoxy) is 2. The maximum absolute atomic E-state index is 11.3. The van der Waals surface area contributed by atoms with Gasteiger partial charge in [0.15, 0.2) is 0 Å². The summed E-state index contributed by atoms with van der Waals surface area (Å²) in [5, 5.41) is 5.09. The first-order chi connectivity index (χ1) is 9.05. The van der Waals surface area contributed by atoms with E-state index in [1.165, 1.54) is 0 Å². The highest BCUT2D eigenvalue weighted by Crippen LogP contribution is 2.23. The molecule has 0 aromatic heterocycles. The van der Waals surface area contributed by atoms with Crippen molar-refractivity contribution in [3.05, 3.63) is 22.7 Å². The van der Waals surface area contributed by atoms with Gasteiger partial charge in [-0.3, -0.25) is 10.6 Å². The maximum Gasteiger partial charge on any atom is 0.411 e.